The lowest BCUT2D eigenvalue weighted by Gasteiger charge is -2.35. The van der Waals surface area contributed by atoms with Gasteiger partial charge in [-0.05, 0) is 114 Å². The molecule has 0 bridgehead atoms. The highest BCUT2D eigenvalue weighted by atomic mass is 19.4. The zero-order valence-corrected chi connectivity index (χ0v) is 28.3. The quantitative estimate of drug-likeness (QED) is 0.133. The third-order valence-corrected chi connectivity index (χ3v) is 12.0. The van der Waals surface area contributed by atoms with Gasteiger partial charge >= 0.3 is 12.4 Å². The predicted octanol–water partition coefficient (Wildman–Crippen LogP) is 8.64. The molecule has 4 nitrogen and oxygen atoms in total. The minimum Gasteiger partial charge on any atom is -0.293 e. The molecule has 5 aromatic carbocycles. The van der Waals surface area contributed by atoms with Crippen molar-refractivity contribution in [1.29, 1.82) is 0 Å². The summed E-state index contributed by atoms with van der Waals surface area (Å²) in [5.41, 5.74) is 10.1. The second-order valence-electron chi connectivity index (χ2n) is 14.8. The number of benzene rings is 5. The Morgan fingerprint density at radius 1 is 0.528 bits per heavy atom. The Labute approximate surface area is 300 Å². The molecule has 0 amide bonds. The van der Waals surface area contributed by atoms with Gasteiger partial charge in [0.25, 0.3) is 6.71 Å². The second-order valence-corrected chi connectivity index (χ2v) is 14.8. The molecule has 53 heavy (non-hydrogen) atoms. The zero-order chi connectivity index (χ0) is 36.0. The first-order chi connectivity index (χ1) is 25.6. The number of rotatable bonds is 2. The van der Waals surface area contributed by atoms with Crippen LogP contribution >= 0.6 is 0 Å². The number of halogens is 6. The van der Waals surface area contributed by atoms with E-state index in [1.807, 2.05) is 27.3 Å². The van der Waals surface area contributed by atoms with Crippen LogP contribution < -0.4 is 16.4 Å². The molecule has 2 aromatic heterocycles. The number of hydrogen-bond acceptors (Lipinski definition) is 2. The van der Waals surface area contributed by atoms with Crippen molar-refractivity contribution in [3.05, 3.63) is 112 Å². The highest BCUT2D eigenvalue weighted by Crippen LogP contribution is 2.44. The van der Waals surface area contributed by atoms with Crippen LogP contribution in [0.3, 0.4) is 0 Å². The van der Waals surface area contributed by atoms with E-state index in [1.54, 1.807) is 12.1 Å². The van der Waals surface area contributed by atoms with E-state index in [0.29, 0.717) is 11.4 Å². The van der Waals surface area contributed by atoms with Gasteiger partial charge in [0.1, 0.15) is 11.6 Å². The summed E-state index contributed by atoms with van der Waals surface area (Å²) in [6.07, 6.45) is -2.01. The van der Waals surface area contributed by atoms with Gasteiger partial charge in [0.05, 0.1) is 33.2 Å². The van der Waals surface area contributed by atoms with Crippen LogP contribution in [0.2, 0.25) is 0 Å². The van der Waals surface area contributed by atoms with Gasteiger partial charge in [-0.2, -0.15) is 26.3 Å². The first kappa shape index (κ1) is 31.2. The molecule has 11 heteroatoms. The molecule has 0 fully saturated rings. The SMILES string of the molecule is FC(F)(F)c1ccccc1-c1nc2c3c(cc4c2n1-c1cccc2c1B4c1cc4c(c5nc(-c6ccccc6C(F)(F)F)n-2c15)CCCC4)CCCC3. The summed E-state index contributed by atoms with van der Waals surface area (Å²) < 4.78 is 91.8. The largest absolute Gasteiger partial charge is 0.417 e. The first-order valence-corrected chi connectivity index (χ1v) is 18.2. The summed E-state index contributed by atoms with van der Waals surface area (Å²) in [6, 6.07) is 21.3. The molecule has 11 rings (SSSR count). The summed E-state index contributed by atoms with van der Waals surface area (Å²) >= 11 is 0. The van der Waals surface area contributed by atoms with Crippen LogP contribution in [0.25, 0.3) is 56.2 Å². The molecule has 4 aliphatic rings. The van der Waals surface area contributed by atoms with Crippen molar-refractivity contribution in [3.63, 3.8) is 0 Å². The molecule has 7 aromatic rings. The summed E-state index contributed by atoms with van der Waals surface area (Å²) in [5.74, 6) is 0.407. The van der Waals surface area contributed by atoms with E-state index in [4.69, 9.17) is 9.97 Å². The van der Waals surface area contributed by atoms with E-state index in [-0.39, 0.29) is 29.5 Å². The zero-order valence-electron chi connectivity index (χ0n) is 28.3. The van der Waals surface area contributed by atoms with Crippen LogP contribution in [0.4, 0.5) is 26.3 Å². The highest BCUT2D eigenvalue weighted by Gasteiger charge is 2.45. The van der Waals surface area contributed by atoms with Gasteiger partial charge in [0.2, 0.25) is 0 Å². The lowest BCUT2D eigenvalue weighted by molar-refractivity contribution is -0.137. The molecule has 2 aliphatic heterocycles. The molecule has 0 unspecified atom stereocenters. The predicted molar refractivity (Wildman–Crippen MR) is 195 cm³/mol. The van der Waals surface area contributed by atoms with E-state index in [9.17, 15) is 26.3 Å². The van der Waals surface area contributed by atoms with Crippen molar-refractivity contribution in [2.24, 2.45) is 0 Å². The molecule has 2 aliphatic carbocycles. The number of aryl methyl sites for hydroxylation is 4. The van der Waals surface area contributed by atoms with E-state index >= 15 is 0 Å². The smallest absolute Gasteiger partial charge is 0.293 e. The van der Waals surface area contributed by atoms with Gasteiger partial charge < -0.3 is 0 Å². The number of nitrogens with zero attached hydrogens (tertiary/aromatic N) is 4. The van der Waals surface area contributed by atoms with E-state index in [1.165, 1.54) is 24.3 Å². The van der Waals surface area contributed by atoms with Crippen LogP contribution in [-0.4, -0.2) is 25.8 Å². The minimum atomic E-state index is -4.62. The summed E-state index contributed by atoms with van der Waals surface area (Å²) in [4.78, 5) is 10.3. The fourth-order valence-electron chi connectivity index (χ4n) is 9.85. The maximum Gasteiger partial charge on any atom is 0.417 e. The molecular weight excluding hydrogens is 685 g/mol. The minimum absolute atomic E-state index is 0.0159. The van der Waals surface area contributed by atoms with Gasteiger partial charge in [0.15, 0.2) is 0 Å². The second kappa shape index (κ2) is 10.6. The summed E-state index contributed by atoms with van der Waals surface area (Å²) in [7, 11) is 0. The normalized spacial score (nSPS) is 15.8. The Balaban J connectivity index is 1.31. The number of imidazole rings is 2. The Kier molecular flexibility index (Phi) is 6.27. The lowest BCUT2D eigenvalue weighted by atomic mass is 9.34. The first-order valence-electron chi connectivity index (χ1n) is 18.2. The molecule has 4 heterocycles. The van der Waals surface area contributed by atoms with Gasteiger partial charge in [-0.15, -0.1) is 0 Å². The topological polar surface area (TPSA) is 35.6 Å². The number of hydrogen-bond donors (Lipinski definition) is 0. The molecule has 0 saturated carbocycles. The third-order valence-electron chi connectivity index (χ3n) is 12.0. The Morgan fingerprint density at radius 3 is 1.42 bits per heavy atom. The third kappa shape index (κ3) is 4.22. The van der Waals surface area contributed by atoms with Crippen molar-refractivity contribution in [3.8, 4) is 34.2 Å². The maximum atomic E-state index is 14.7. The van der Waals surface area contributed by atoms with E-state index < -0.39 is 23.5 Å². The lowest BCUT2D eigenvalue weighted by Crippen LogP contribution is -2.59. The number of alkyl halides is 6. The van der Waals surface area contributed by atoms with Crippen molar-refractivity contribution >= 4 is 45.2 Å². The van der Waals surface area contributed by atoms with Crippen molar-refractivity contribution in [2.75, 3.05) is 0 Å². The van der Waals surface area contributed by atoms with Gasteiger partial charge in [-0.3, -0.25) is 9.13 Å². The van der Waals surface area contributed by atoms with Crippen LogP contribution in [0, 0.1) is 0 Å². The molecule has 0 spiro atoms. The van der Waals surface area contributed by atoms with Crippen molar-refractivity contribution in [1.82, 2.24) is 19.1 Å². The molecule has 0 saturated heterocycles. The van der Waals surface area contributed by atoms with Crippen LogP contribution in [0.5, 0.6) is 0 Å². The van der Waals surface area contributed by atoms with Gasteiger partial charge in [-0.1, -0.05) is 54.6 Å². The summed E-state index contributed by atoms with van der Waals surface area (Å²) in [6.45, 7) is -0.324. The average Bonchev–Trinajstić information content (AvgIpc) is 3.76. The maximum absolute atomic E-state index is 14.7. The number of fused-ring (bicyclic) bond motifs is 8. The Hall–Kier alpha value is -5.32. The van der Waals surface area contributed by atoms with Crippen LogP contribution in [0.1, 0.15) is 59.1 Å². The van der Waals surface area contributed by atoms with Gasteiger partial charge in [-0.25, -0.2) is 9.97 Å². The number of aromatic nitrogens is 4. The van der Waals surface area contributed by atoms with Crippen molar-refractivity contribution in [2.45, 2.75) is 63.7 Å². The molecule has 0 N–H and O–H groups in total. The molecule has 0 atom stereocenters. The molecular formula is C42H29BF6N4. The summed E-state index contributed by atoms with van der Waals surface area (Å²) in [5, 5.41) is 0. The van der Waals surface area contributed by atoms with Crippen LogP contribution in [0.15, 0.2) is 78.9 Å². The molecule has 0 radical (unpaired) electrons. The van der Waals surface area contributed by atoms with E-state index in [2.05, 4.69) is 12.1 Å². The monoisotopic (exact) mass is 714 g/mol. The Morgan fingerprint density at radius 2 is 0.962 bits per heavy atom. The highest BCUT2D eigenvalue weighted by molar-refractivity contribution is 7.00. The average molecular weight is 715 g/mol. The molecule has 262 valence electrons. The van der Waals surface area contributed by atoms with Crippen LogP contribution in [-0.2, 0) is 38.0 Å². The standard InChI is InChI=1S/C42H29BF6N4/c44-41(45,46)28-16-7-5-14-26(28)39-50-35-24-12-3-1-10-22(24)20-30-37(35)52(39)32-18-9-19-33-34(32)43(30)31-21-23-11-2-4-13-25(23)36-38(31)53(33)40(51-36)27-15-6-8-17-29(27)42(47,48)49/h5-9,14-21H,1-4,10-13H2. The van der Waals surface area contributed by atoms with Crippen molar-refractivity contribution < 1.29 is 26.3 Å². The van der Waals surface area contributed by atoms with Gasteiger partial charge in [0, 0.05) is 22.5 Å². The Bertz CT molecular complexity index is 2550. The fraction of sp³-hybridized carbons (Fsp3) is 0.238. The fourth-order valence-corrected chi connectivity index (χ4v) is 9.85. The van der Waals surface area contributed by atoms with E-state index in [0.717, 1.165) is 124 Å².